The van der Waals surface area contributed by atoms with Gasteiger partial charge in [-0.05, 0) is 31.6 Å². The van der Waals surface area contributed by atoms with E-state index in [2.05, 4.69) is 9.97 Å². The number of aromatic nitrogens is 2. The second-order valence-electron chi connectivity index (χ2n) is 4.03. The third-order valence-corrected chi connectivity index (χ3v) is 4.48. The summed E-state index contributed by atoms with van der Waals surface area (Å²) in [4.78, 5) is 21.1. The van der Waals surface area contributed by atoms with Crippen molar-refractivity contribution in [1.29, 1.82) is 0 Å². The van der Waals surface area contributed by atoms with Gasteiger partial charge in [-0.15, -0.1) is 11.8 Å². The van der Waals surface area contributed by atoms with E-state index in [0.717, 1.165) is 25.0 Å². The fourth-order valence-corrected chi connectivity index (χ4v) is 3.42. The molecule has 0 aromatic carbocycles. The molecular formula is C11H16N4OS. The highest BCUT2D eigenvalue weighted by atomic mass is 32.2. The van der Waals surface area contributed by atoms with Gasteiger partial charge in [0.05, 0.1) is 5.69 Å². The lowest BCUT2D eigenvalue weighted by Crippen LogP contribution is -2.52. The summed E-state index contributed by atoms with van der Waals surface area (Å²) in [5.74, 6) is 0. The lowest BCUT2D eigenvalue weighted by molar-refractivity contribution is 0.139. The maximum Gasteiger partial charge on any atom is 0.316 e. The summed E-state index contributed by atoms with van der Waals surface area (Å²) in [7, 11) is 0. The maximum absolute atomic E-state index is 11.6. The minimum Gasteiger partial charge on any atom is -0.351 e. The van der Waals surface area contributed by atoms with Crippen LogP contribution in [0.3, 0.4) is 0 Å². The zero-order valence-corrected chi connectivity index (χ0v) is 10.6. The number of hydrogen-bond donors (Lipinski definition) is 1. The average Bonchev–Trinajstić information content (AvgIpc) is 2.39. The third-order valence-electron chi connectivity index (χ3n) is 3.17. The summed E-state index contributed by atoms with van der Waals surface area (Å²) < 4.78 is 0. The van der Waals surface area contributed by atoms with Crippen LogP contribution in [0.2, 0.25) is 0 Å². The lowest BCUT2D eigenvalue weighted by atomic mass is 9.98. The summed E-state index contributed by atoms with van der Waals surface area (Å²) in [6, 6.07) is 1.48. The van der Waals surface area contributed by atoms with Crippen molar-refractivity contribution in [3.8, 4) is 0 Å². The Bertz CT molecular complexity index is 400. The van der Waals surface area contributed by atoms with Crippen LogP contribution in [0.1, 0.15) is 25.0 Å². The van der Waals surface area contributed by atoms with E-state index in [0.29, 0.717) is 6.54 Å². The van der Waals surface area contributed by atoms with Crippen molar-refractivity contribution in [3.05, 3.63) is 24.3 Å². The quantitative estimate of drug-likeness (QED) is 0.867. The van der Waals surface area contributed by atoms with Gasteiger partial charge >= 0.3 is 6.03 Å². The van der Waals surface area contributed by atoms with E-state index in [-0.39, 0.29) is 6.03 Å². The van der Waals surface area contributed by atoms with Crippen molar-refractivity contribution in [1.82, 2.24) is 14.9 Å². The van der Waals surface area contributed by atoms with Crippen LogP contribution >= 0.6 is 11.8 Å². The van der Waals surface area contributed by atoms with Crippen LogP contribution in [0, 0.1) is 0 Å². The van der Waals surface area contributed by atoms with E-state index >= 15 is 0 Å². The van der Waals surface area contributed by atoms with Gasteiger partial charge in [0.25, 0.3) is 0 Å². The topological polar surface area (TPSA) is 72.1 Å². The van der Waals surface area contributed by atoms with Crippen LogP contribution in [0.15, 0.2) is 18.6 Å². The summed E-state index contributed by atoms with van der Waals surface area (Å²) in [5.41, 5.74) is 6.35. The van der Waals surface area contributed by atoms with Gasteiger partial charge in [-0.1, -0.05) is 0 Å². The zero-order chi connectivity index (χ0) is 12.3. The molecule has 0 radical (unpaired) electrons. The van der Waals surface area contributed by atoms with E-state index in [1.54, 1.807) is 22.9 Å². The Labute approximate surface area is 105 Å². The Balaban J connectivity index is 2.43. The van der Waals surface area contributed by atoms with Gasteiger partial charge in [0.2, 0.25) is 0 Å². The van der Waals surface area contributed by atoms with Crippen molar-refractivity contribution in [2.24, 2.45) is 5.73 Å². The standard InChI is InChI=1S/C11H16N4OS/c1-17-11(9-4-6-13-8-14-9)5-2-3-7-15(11)10(12)16/h4,6,8H,2-3,5,7H2,1H3,(H2,12,16). The lowest BCUT2D eigenvalue weighted by Gasteiger charge is -2.44. The SMILES string of the molecule is CSC1(c2ccncn2)CCCCN1C(N)=O. The van der Waals surface area contributed by atoms with Crippen LogP contribution in [0.25, 0.3) is 0 Å². The molecule has 0 saturated carbocycles. The Hall–Kier alpha value is -1.30. The first-order valence-corrected chi connectivity index (χ1v) is 6.82. The largest absolute Gasteiger partial charge is 0.351 e. The fourth-order valence-electron chi connectivity index (χ4n) is 2.34. The molecule has 2 amide bonds. The molecule has 1 fully saturated rings. The molecule has 5 nitrogen and oxygen atoms in total. The predicted molar refractivity (Wildman–Crippen MR) is 67.4 cm³/mol. The van der Waals surface area contributed by atoms with Gasteiger partial charge in [0.1, 0.15) is 11.2 Å². The van der Waals surface area contributed by atoms with Gasteiger partial charge in [0, 0.05) is 12.7 Å². The Morgan fingerprint density at radius 2 is 2.41 bits per heavy atom. The number of thioether (sulfide) groups is 1. The molecule has 2 heterocycles. The summed E-state index contributed by atoms with van der Waals surface area (Å²) in [6.07, 6.45) is 8.16. The van der Waals surface area contributed by atoms with Crippen molar-refractivity contribution < 1.29 is 4.79 Å². The molecule has 1 atom stereocenters. The molecular weight excluding hydrogens is 236 g/mol. The number of rotatable bonds is 2. The molecule has 0 bridgehead atoms. The second kappa shape index (κ2) is 4.91. The number of carbonyl (C=O) groups excluding carboxylic acids is 1. The van der Waals surface area contributed by atoms with Crippen LogP contribution < -0.4 is 5.73 Å². The van der Waals surface area contributed by atoms with E-state index in [1.165, 1.54) is 6.33 Å². The van der Waals surface area contributed by atoms with E-state index in [4.69, 9.17) is 5.73 Å². The highest BCUT2D eigenvalue weighted by molar-refractivity contribution is 7.99. The number of likely N-dealkylation sites (tertiary alicyclic amines) is 1. The molecule has 1 aliphatic heterocycles. The van der Waals surface area contributed by atoms with E-state index < -0.39 is 4.87 Å². The minimum absolute atomic E-state index is 0.377. The van der Waals surface area contributed by atoms with Crippen LogP contribution in [-0.4, -0.2) is 33.7 Å². The monoisotopic (exact) mass is 252 g/mol. The molecule has 2 N–H and O–H groups in total. The van der Waals surface area contributed by atoms with Crippen molar-refractivity contribution in [2.45, 2.75) is 24.1 Å². The first-order chi connectivity index (χ1) is 8.20. The number of nitrogens with zero attached hydrogens (tertiary/aromatic N) is 3. The average molecular weight is 252 g/mol. The van der Waals surface area contributed by atoms with Crippen LogP contribution in [0.4, 0.5) is 4.79 Å². The van der Waals surface area contributed by atoms with Gasteiger partial charge in [-0.3, -0.25) is 0 Å². The highest BCUT2D eigenvalue weighted by Gasteiger charge is 2.43. The number of amides is 2. The third kappa shape index (κ3) is 2.09. The number of urea groups is 1. The predicted octanol–water partition coefficient (Wildman–Crippen LogP) is 1.56. The Morgan fingerprint density at radius 3 is 3.00 bits per heavy atom. The molecule has 0 spiro atoms. The molecule has 0 aliphatic carbocycles. The smallest absolute Gasteiger partial charge is 0.316 e. The minimum atomic E-state index is -0.424. The Kier molecular flexibility index (Phi) is 3.51. The van der Waals surface area contributed by atoms with Gasteiger partial charge < -0.3 is 10.6 Å². The van der Waals surface area contributed by atoms with E-state index in [1.807, 2.05) is 12.3 Å². The molecule has 17 heavy (non-hydrogen) atoms. The summed E-state index contributed by atoms with van der Waals surface area (Å²) in [5, 5.41) is 0. The van der Waals surface area contributed by atoms with Crippen molar-refractivity contribution >= 4 is 17.8 Å². The van der Waals surface area contributed by atoms with E-state index in [9.17, 15) is 4.79 Å². The molecule has 1 saturated heterocycles. The van der Waals surface area contributed by atoms with Gasteiger partial charge in [0.15, 0.2) is 0 Å². The summed E-state index contributed by atoms with van der Waals surface area (Å²) in [6.45, 7) is 0.695. The first kappa shape index (κ1) is 12.2. The van der Waals surface area contributed by atoms with Crippen LogP contribution in [-0.2, 0) is 4.87 Å². The van der Waals surface area contributed by atoms with Crippen molar-refractivity contribution in [2.75, 3.05) is 12.8 Å². The van der Waals surface area contributed by atoms with Gasteiger partial charge in [-0.2, -0.15) is 0 Å². The molecule has 1 unspecified atom stereocenters. The van der Waals surface area contributed by atoms with Crippen LogP contribution in [0.5, 0.6) is 0 Å². The maximum atomic E-state index is 11.6. The normalized spacial score (nSPS) is 24.6. The molecule has 6 heteroatoms. The molecule has 1 aromatic rings. The molecule has 2 rings (SSSR count). The molecule has 92 valence electrons. The number of nitrogens with two attached hydrogens (primary N) is 1. The second-order valence-corrected chi connectivity index (χ2v) is 5.11. The van der Waals surface area contributed by atoms with Gasteiger partial charge in [-0.25, -0.2) is 14.8 Å². The number of hydrogen-bond acceptors (Lipinski definition) is 4. The van der Waals surface area contributed by atoms with Crippen molar-refractivity contribution in [3.63, 3.8) is 0 Å². The zero-order valence-electron chi connectivity index (χ0n) is 9.80. The molecule has 1 aromatic heterocycles. The highest BCUT2D eigenvalue weighted by Crippen LogP contribution is 2.44. The summed E-state index contributed by atoms with van der Waals surface area (Å²) >= 11 is 1.62. The molecule has 1 aliphatic rings. The first-order valence-electron chi connectivity index (χ1n) is 5.59. The number of piperidine rings is 1. The number of carbonyl (C=O) groups is 1. The number of primary amides is 1. The fraction of sp³-hybridized carbons (Fsp3) is 0.545. The Morgan fingerprint density at radius 1 is 1.59 bits per heavy atom.